The third kappa shape index (κ3) is 2.41. The molecular formula is C15H18O3. The fourth-order valence-corrected chi connectivity index (χ4v) is 2.68. The van der Waals surface area contributed by atoms with Crippen LogP contribution in [0.3, 0.4) is 0 Å². The molecule has 96 valence electrons. The molecule has 1 aromatic rings. The Bertz CT molecular complexity index is 447. The summed E-state index contributed by atoms with van der Waals surface area (Å²) in [7, 11) is 0. The Hall–Kier alpha value is -1.35. The summed E-state index contributed by atoms with van der Waals surface area (Å²) in [6, 6.07) is 5.92. The standard InChI is InChI=1S/C15H18O3/c16-15-5-1-3-11-6-7-12(9-14(11)15)18-13-4-2-8-17-10-13/h6-7,9,13H,1-5,8,10H2. The zero-order valence-corrected chi connectivity index (χ0v) is 10.5. The van der Waals surface area contributed by atoms with E-state index in [2.05, 4.69) is 0 Å². The Kier molecular flexibility index (Phi) is 3.33. The summed E-state index contributed by atoms with van der Waals surface area (Å²) < 4.78 is 11.3. The summed E-state index contributed by atoms with van der Waals surface area (Å²) in [4.78, 5) is 11.8. The number of carbonyl (C=O) groups excluding carboxylic acids is 1. The van der Waals surface area contributed by atoms with E-state index in [1.165, 1.54) is 5.56 Å². The Morgan fingerprint density at radius 3 is 3.00 bits per heavy atom. The van der Waals surface area contributed by atoms with Gasteiger partial charge in [0.2, 0.25) is 0 Å². The van der Waals surface area contributed by atoms with Crippen LogP contribution in [0.25, 0.3) is 0 Å². The van der Waals surface area contributed by atoms with Crippen LogP contribution in [0, 0.1) is 0 Å². The van der Waals surface area contributed by atoms with Crippen molar-refractivity contribution in [2.45, 2.75) is 38.2 Å². The van der Waals surface area contributed by atoms with Crippen molar-refractivity contribution in [2.75, 3.05) is 13.2 Å². The molecular weight excluding hydrogens is 228 g/mol. The highest BCUT2D eigenvalue weighted by molar-refractivity contribution is 5.98. The zero-order valence-electron chi connectivity index (χ0n) is 10.5. The van der Waals surface area contributed by atoms with Gasteiger partial charge in [0.1, 0.15) is 11.9 Å². The molecule has 1 atom stereocenters. The quantitative estimate of drug-likeness (QED) is 0.805. The first-order valence-electron chi connectivity index (χ1n) is 6.73. The Morgan fingerprint density at radius 1 is 1.22 bits per heavy atom. The predicted octanol–water partition coefficient (Wildman–Crippen LogP) is 2.76. The van der Waals surface area contributed by atoms with Crippen LogP contribution in [0.1, 0.15) is 41.6 Å². The first-order valence-corrected chi connectivity index (χ1v) is 6.73. The van der Waals surface area contributed by atoms with Crippen molar-refractivity contribution < 1.29 is 14.3 Å². The molecule has 0 bridgehead atoms. The van der Waals surface area contributed by atoms with Crippen molar-refractivity contribution in [3.05, 3.63) is 29.3 Å². The topological polar surface area (TPSA) is 35.5 Å². The number of ketones is 1. The largest absolute Gasteiger partial charge is 0.488 e. The maximum Gasteiger partial charge on any atom is 0.163 e. The van der Waals surface area contributed by atoms with Gasteiger partial charge in [-0.25, -0.2) is 0 Å². The van der Waals surface area contributed by atoms with Crippen LogP contribution >= 0.6 is 0 Å². The summed E-state index contributed by atoms with van der Waals surface area (Å²) in [5, 5.41) is 0. The van der Waals surface area contributed by atoms with Crippen molar-refractivity contribution in [1.29, 1.82) is 0 Å². The molecule has 2 aliphatic rings. The minimum atomic E-state index is 0.135. The molecule has 1 unspecified atom stereocenters. The van der Waals surface area contributed by atoms with Crippen LogP contribution in [-0.4, -0.2) is 25.1 Å². The fourth-order valence-electron chi connectivity index (χ4n) is 2.68. The van der Waals surface area contributed by atoms with E-state index in [-0.39, 0.29) is 11.9 Å². The number of hydrogen-bond donors (Lipinski definition) is 0. The Morgan fingerprint density at radius 2 is 2.17 bits per heavy atom. The molecule has 1 fully saturated rings. The average Bonchev–Trinajstić information content (AvgIpc) is 2.41. The lowest BCUT2D eigenvalue weighted by atomic mass is 9.90. The summed E-state index contributed by atoms with van der Waals surface area (Å²) in [5.74, 6) is 1.06. The smallest absolute Gasteiger partial charge is 0.163 e. The van der Waals surface area contributed by atoms with E-state index < -0.39 is 0 Å². The van der Waals surface area contributed by atoms with Crippen molar-refractivity contribution in [3.63, 3.8) is 0 Å². The highest BCUT2D eigenvalue weighted by atomic mass is 16.5. The second-order valence-corrected chi connectivity index (χ2v) is 5.05. The molecule has 0 radical (unpaired) electrons. The van der Waals surface area contributed by atoms with Crippen LogP contribution in [0.4, 0.5) is 0 Å². The number of rotatable bonds is 2. The van der Waals surface area contributed by atoms with Crippen molar-refractivity contribution in [2.24, 2.45) is 0 Å². The molecule has 1 saturated heterocycles. The van der Waals surface area contributed by atoms with Gasteiger partial charge in [0.15, 0.2) is 5.78 Å². The molecule has 18 heavy (non-hydrogen) atoms. The molecule has 3 nitrogen and oxygen atoms in total. The maximum atomic E-state index is 11.8. The summed E-state index contributed by atoms with van der Waals surface area (Å²) in [6.07, 6.45) is 4.87. The number of carbonyl (C=O) groups is 1. The number of aryl methyl sites for hydroxylation is 1. The van der Waals surface area contributed by atoms with Gasteiger partial charge >= 0.3 is 0 Å². The van der Waals surface area contributed by atoms with Crippen molar-refractivity contribution >= 4 is 5.78 Å². The molecule has 1 heterocycles. The summed E-state index contributed by atoms with van der Waals surface area (Å²) >= 11 is 0. The van der Waals surface area contributed by atoms with Gasteiger partial charge in [-0.15, -0.1) is 0 Å². The van der Waals surface area contributed by atoms with E-state index in [9.17, 15) is 4.79 Å². The Labute approximate surface area is 107 Å². The molecule has 0 amide bonds. The van der Waals surface area contributed by atoms with Gasteiger partial charge in [-0.05, 0) is 43.4 Å². The molecule has 3 rings (SSSR count). The van der Waals surface area contributed by atoms with Crippen LogP contribution < -0.4 is 4.74 Å². The highest BCUT2D eigenvalue weighted by Crippen LogP contribution is 2.26. The highest BCUT2D eigenvalue weighted by Gasteiger charge is 2.19. The molecule has 3 heteroatoms. The number of fused-ring (bicyclic) bond motifs is 1. The van der Waals surface area contributed by atoms with Gasteiger partial charge in [0, 0.05) is 18.6 Å². The molecule has 1 aliphatic heterocycles. The molecule has 0 saturated carbocycles. The van der Waals surface area contributed by atoms with E-state index in [1.54, 1.807) is 0 Å². The fraction of sp³-hybridized carbons (Fsp3) is 0.533. The monoisotopic (exact) mass is 246 g/mol. The lowest BCUT2D eigenvalue weighted by Gasteiger charge is -2.24. The molecule has 0 aromatic heterocycles. The first-order chi connectivity index (χ1) is 8.83. The van der Waals surface area contributed by atoms with Gasteiger partial charge in [-0.1, -0.05) is 6.07 Å². The molecule has 1 aliphatic carbocycles. The van der Waals surface area contributed by atoms with E-state index in [0.717, 1.165) is 43.6 Å². The molecule has 0 spiro atoms. The summed E-state index contributed by atoms with van der Waals surface area (Å²) in [5.41, 5.74) is 2.02. The number of hydrogen-bond acceptors (Lipinski definition) is 3. The van der Waals surface area contributed by atoms with Crippen molar-refractivity contribution in [1.82, 2.24) is 0 Å². The van der Waals surface area contributed by atoms with Crippen LogP contribution in [0.15, 0.2) is 18.2 Å². The summed E-state index contributed by atoms with van der Waals surface area (Å²) in [6.45, 7) is 1.49. The van der Waals surface area contributed by atoms with Crippen molar-refractivity contribution in [3.8, 4) is 5.75 Å². The van der Waals surface area contributed by atoms with E-state index in [4.69, 9.17) is 9.47 Å². The number of ether oxygens (including phenoxy) is 2. The van der Waals surface area contributed by atoms with Gasteiger partial charge in [-0.3, -0.25) is 4.79 Å². The third-order valence-electron chi connectivity index (χ3n) is 3.65. The first kappa shape index (κ1) is 11.7. The van der Waals surface area contributed by atoms with E-state index in [1.807, 2.05) is 18.2 Å². The van der Waals surface area contributed by atoms with Gasteiger partial charge in [-0.2, -0.15) is 0 Å². The Balaban J connectivity index is 1.76. The number of benzene rings is 1. The minimum Gasteiger partial charge on any atom is -0.488 e. The average molecular weight is 246 g/mol. The molecule has 1 aromatic carbocycles. The lowest BCUT2D eigenvalue weighted by molar-refractivity contribution is 0.00739. The van der Waals surface area contributed by atoms with Gasteiger partial charge in [0.25, 0.3) is 0 Å². The number of Topliss-reactive ketones (excluding diaryl/α,β-unsaturated/α-hetero) is 1. The van der Waals surface area contributed by atoms with E-state index in [0.29, 0.717) is 13.0 Å². The lowest BCUT2D eigenvalue weighted by Crippen LogP contribution is -2.28. The SMILES string of the molecule is O=C1CCCc2ccc(OC3CCCOC3)cc21. The zero-order chi connectivity index (χ0) is 12.4. The minimum absolute atomic E-state index is 0.135. The predicted molar refractivity (Wildman–Crippen MR) is 68.2 cm³/mol. The van der Waals surface area contributed by atoms with Gasteiger partial charge in [0.05, 0.1) is 6.61 Å². The maximum absolute atomic E-state index is 11.8. The van der Waals surface area contributed by atoms with Gasteiger partial charge < -0.3 is 9.47 Å². The molecule has 0 N–H and O–H groups in total. The second-order valence-electron chi connectivity index (χ2n) is 5.05. The second kappa shape index (κ2) is 5.11. The van der Waals surface area contributed by atoms with E-state index >= 15 is 0 Å². The van der Waals surface area contributed by atoms with Crippen LogP contribution in [0.2, 0.25) is 0 Å². The van der Waals surface area contributed by atoms with Crippen LogP contribution in [0.5, 0.6) is 5.75 Å². The third-order valence-corrected chi connectivity index (χ3v) is 3.65. The normalized spacial score (nSPS) is 23.6. The van der Waals surface area contributed by atoms with Crippen LogP contribution in [-0.2, 0) is 11.2 Å².